The van der Waals surface area contributed by atoms with Crippen LogP contribution in [0, 0.1) is 23.7 Å². The van der Waals surface area contributed by atoms with Crippen LogP contribution in [0.2, 0.25) is 0 Å². The Labute approximate surface area is 116 Å². The molecule has 0 aliphatic heterocycles. The smallest absolute Gasteiger partial charge is 0.0257 e. The average molecular weight is 252 g/mol. The summed E-state index contributed by atoms with van der Waals surface area (Å²) in [5, 5.41) is 0. The molecule has 4 unspecified atom stereocenters. The van der Waals surface area contributed by atoms with Gasteiger partial charge in [-0.1, -0.05) is 59.1 Å². The van der Waals surface area contributed by atoms with Crippen molar-refractivity contribution in [2.75, 3.05) is 0 Å². The van der Waals surface area contributed by atoms with E-state index in [1.807, 2.05) is 0 Å². The summed E-state index contributed by atoms with van der Waals surface area (Å²) >= 11 is 0. The van der Waals surface area contributed by atoms with Gasteiger partial charge < -0.3 is 0 Å². The molecule has 0 amide bonds. The second kappa shape index (κ2) is 9.64. The summed E-state index contributed by atoms with van der Waals surface area (Å²) < 4.78 is 0. The minimum atomic E-state index is 0.741. The van der Waals surface area contributed by atoms with Crippen molar-refractivity contribution in [2.45, 2.75) is 80.6 Å². The number of rotatable bonds is 9. The zero-order chi connectivity index (χ0) is 14.1. The average Bonchev–Trinajstić information content (AvgIpc) is 2.14. The third-order valence-electron chi connectivity index (χ3n) is 3.78. The highest BCUT2D eigenvalue weighted by Crippen LogP contribution is 2.26. The van der Waals surface area contributed by atoms with Gasteiger partial charge in [0.05, 0.1) is 0 Å². The van der Waals surface area contributed by atoms with Crippen LogP contribution in [0.3, 0.4) is 0 Å². The second-order valence-electron chi connectivity index (χ2n) is 7.03. The summed E-state index contributed by atoms with van der Waals surface area (Å²) in [6.45, 7) is 16.3. The van der Waals surface area contributed by atoms with Gasteiger partial charge in [0, 0.05) is 0 Å². The van der Waals surface area contributed by atoms with Gasteiger partial charge in [-0.2, -0.15) is 0 Å². The van der Waals surface area contributed by atoms with Crippen molar-refractivity contribution < 1.29 is 0 Å². The molecule has 4 atom stereocenters. The molecule has 0 radical (unpaired) electrons. The minimum Gasteiger partial charge on any atom is -0.0830 e. The van der Waals surface area contributed by atoms with Crippen LogP contribution in [0.4, 0.5) is 0 Å². The number of allylic oxidation sites excluding steroid dienone is 2. The third kappa shape index (κ3) is 9.74. The van der Waals surface area contributed by atoms with Gasteiger partial charge in [0.25, 0.3) is 0 Å². The van der Waals surface area contributed by atoms with Gasteiger partial charge in [0.15, 0.2) is 0 Å². The summed E-state index contributed by atoms with van der Waals surface area (Å²) in [5.41, 5.74) is 1.46. The molecular weight excluding hydrogens is 216 g/mol. The lowest BCUT2D eigenvalue weighted by Gasteiger charge is -2.22. The number of hydrogen-bond acceptors (Lipinski definition) is 0. The Morgan fingerprint density at radius 1 is 0.833 bits per heavy atom. The second-order valence-corrected chi connectivity index (χ2v) is 7.03. The molecular formula is C18H36. The normalized spacial score (nSPS) is 17.9. The highest BCUT2D eigenvalue weighted by molar-refractivity contribution is 4.96. The highest BCUT2D eigenvalue weighted by atomic mass is 14.2. The standard InChI is InChI=1S/C18H36/c1-8-9-15(4)11-17(6)13-18(7)12-16(5)10-14(2)3/h10,15-18H,8-9,11-13H2,1-7H3. The lowest BCUT2D eigenvalue weighted by Crippen LogP contribution is -2.10. The summed E-state index contributed by atoms with van der Waals surface area (Å²) in [6, 6.07) is 0. The Morgan fingerprint density at radius 3 is 1.83 bits per heavy atom. The van der Waals surface area contributed by atoms with E-state index in [2.05, 4.69) is 54.5 Å². The molecule has 0 aliphatic rings. The van der Waals surface area contributed by atoms with E-state index >= 15 is 0 Å². The minimum absolute atomic E-state index is 0.741. The molecule has 108 valence electrons. The first-order valence-corrected chi connectivity index (χ1v) is 8.00. The van der Waals surface area contributed by atoms with Gasteiger partial charge in [-0.15, -0.1) is 0 Å². The van der Waals surface area contributed by atoms with Gasteiger partial charge in [-0.25, -0.2) is 0 Å². The molecule has 18 heavy (non-hydrogen) atoms. The molecule has 0 saturated heterocycles. The molecule has 0 spiro atoms. The zero-order valence-corrected chi connectivity index (χ0v) is 13.9. The lowest BCUT2D eigenvalue weighted by molar-refractivity contribution is 0.312. The van der Waals surface area contributed by atoms with Crippen molar-refractivity contribution in [1.29, 1.82) is 0 Å². The van der Waals surface area contributed by atoms with E-state index in [0.29, 0.717) is 0 Å². The SMILES string of the molecule is CCCC(C)CC(C)CC(C)CC(C)C=C(C)C. The molecule has 0 saturated carbocycles. The van der Waals surface area contributed by atoms with Crippen LogP contribution in [0.25, 0.3) is 0 Å². The molecule has 0 aromatic carbocycles. The van der Waals surface area contributed by atoms with E-state index in [-0.39, 0.29) is 0 Å². The molecule has 0 rings (SSSR count). The van der Waals surface area contributed by atoms with E-state index < -0.39 is 0 Å². The molecule has 0 heteroatoms. The first-order valence-electron chi connectivity index (χ1n) is 8.00. The molecule has 0 fully saturated rings. The van der Waals surface area contributed by atoms with Crippen molar-refractivity contribution in [3.63, 3.8) is 0 Å². The van der Waals surface area contributed by atoms with Gasteiger partial charge in [0.2, 0.25) is 0 Å². The number of hydrogen-bond donors (Lipinski definition) is 0. The Morgan fingerprint density at radius 2 is 1.33 bits per heavy atom. The summed E-state index contributed by atoms with van der Waals surface area (Å²) in [7, 11) is 0. The maximum absolute atomic E-state index is 2.44. The van der Waals surface area contributed by atoms with Crippen LogP contribution in [0.1, 0.15) is 80.6 Å². The van der Waals surface area contributed by atoms with Crippen molar-refractivity contribution in [1.82, 2.24) is 0 Å². The summed E-state index contributed by atoms with van der Waals surface area (Å²) in [6.07, 6.45) is 9.30. The maximum atomic E-state index is 2.44. The largest absolute Gasteiger partial charge is 0.0830 e. The summed E-state index contributed by atoms with van der Waals surface area (Å²) in [4.78, 5) is 0. The van der Waals surface area contributed by atoms with Crippen molar-refractivity contribution in [3.05, 3.63) is 11.6 Å². The first-order chi connectivity index (χ1) is 8.35. The van der Waals surface area contributed by atoms with Crippen molar-refractivity contribution >= 4 is 0 Å². The quantitative estimate of drug-likeness (QED) is 0.413. The van der Waals surface area contributed by atoms with E-state index in [1.54, 1.807) is 0 Å². The lowest BCUT2D eigenvalue weighted by atomic mass is 9.84. The van der Waals surface area contributed by atoms with Crippen LogP contribution in [-0.2, 0) is 0 Å². The molecule has 0 N–H and O–H groups in total. The molecule has 0 aliphatic carbocycles. The van der Waals surface area contributed by atoms with E-state index in [1.165, 1.54) is 37.7 Å². The Bertz CT molecular complexity index is 222. The summed E-state index contributed by atoms with van der Waals surface area (Å²) in [5.74, 6) is 3.40. The monoisotopic (exact) mass is 252 g/mol. The van der Waals surface area contributed by atoms with Crippen LogP contribution in [0.15, 0.2) is 11.6 Å². The van der Waals surface area contributed by atoms with Crippen LogP contribution >= 0.6 is 0 Å². The molecule has 0 aromatic rings. The first kappa shape index (κ1) is 17.7. The van der Waals surface area contributed by atoms with E-state index in [4.69, 9.17) is 0 Å². The van der Waals surface area contributed by atoms with E-state index in [0.717, 1.165) is 23.7 Å². The fourth-order valence-corrected chi connectivity index (χ4v) is 3.45. The van der Waals surface area contributed by atoms with Crippen LogP contribution in [0.5, 0.6) is 0 Å². The topological polar surface area (TPSA) is 0 Å². The molecule has 0 aromatic heterocycles. The van der Waals surface area contributed by atoms with Gasteiger partial charge in [-0.3, -0.25) is 0 Å². The van der Waals surface area contributed by atoms with Crippen LogP contribution < -0.4 is 0 Å². The van der Waals surface area contributed by atoms with Crippen LogP contribution in [-0.4, -0.2) is 0 Å². The van der Waals surface area contributed by atoms with Crippen molar-refractivity contribution in [2.24, 2.45) is 23.7 Å². The molecule has 0 heterocycles. The van der Waals surface area contributed by atoms with Gasteiger partial charge >= 0.3 is 0 Å². The zero-order valence-electron chi connectivity index (χ0n) is 13.9. The Kier molecular flexibility index (Phi) is 9.50. The highest BCUT2D eigenvalue weighted by Gasteiger charge is 2.13. The van der Waals surface area contributed by atoms with Gasteiger partial charge in [0.1, 0.15) is 0 Å². The van der Waals surface area contributed by atoms with E-state index in [9.17, 15) is 0 Å². The Hall–Kier alpha value is -0.260. The maximum Gasteiger partial charge on any atom is -0.0257 e. The predicted octanol–water partition coefficient (Wildman–Crippen LogP) is 6.47. The molecule has 0 bridgehead atoms. The molecule has 0 nitrogen and oxygen atoms in total. The van der Waals surface area contributed by atoms with Gasteiger partial charge in [-0.05, 0) is 56.8 Å². The van der Waals surface area contributed by atoms with Crippen molar-refractivity contribution in [3.8, 4) is 0 Å². The Balaban J connectivity index is 3.93. The predicted molar refractivity (Wildman–Crippen MR) is 84.8 cm³/mol. The fourth-order valence-electron chi connectivity index (χ4n) is 3.45. The third-order valence-corrected chi connectivity index (χ3v) is 3.78. The fraction of sp³-hybridized carbons (Fsp3) is 0.889.